The molecule has 1 saturated heterocycles. The quantitative estimate of drug-likeness (QED) is 0.871. The van der Waals surface area contributed by atoms with Crippen molar-refractivity contribution in [1.82, 2.24) is 5.32 Å². The van der Waals surface area contributed by atoms with E-state index in [0.717, 1.165) is 43.9 Å². The molecule has 1 aromatic heterocycles. The summed E-state index contributed by atoms with van der Waals surface area (Å²) in [5, 5.41) is 3.51. The van der Waals surface area contributed by atoms with Crippen molar-refractivity contribution < 1.29 is 9.15 Å². The average molecular weight is 249 g/mol. The summed E-state index contributed by atoms with van der Waals surface area (Å²) >= 11 is 0. The van der Waals surface area contributed by atoms with E-state index in [1.54, 1.807) is 0 Å². The van der Waals surface area contributed by atoms with Gasteiger partial charge in [-0.2, -0.15) is 0 Å². The van der Waals surface area contributed by atoms with Crippen LogP contribution in [0.5, 0.6) is 0 Å². The van der Waals surface area contributed by atoms with Gasteiger partial charge in [0.25, 0.3) is 0 Å². The fourth-order valence-electron chi connectivity index (χ4n) is 2.76. The van der Waals surface area contributed by atoms with Gasteiger partial charge in [-0.15, -0.1) is 0 Å². The Hall–Kier alpha value is -0.800. The largest absolute Gasteiger partial charge is 0.464 e. The lowest BCUT2D eigenvalue weighted by Crippen LogP contribution is -2.27. The van der Waals surface area contributed by atoms with E-state index >= 15 is 0 Å². The Labute approximate surface area is 109 Å². The molecule has 3 rings (SSSR count). The monoisotopic (exact) mass is 249 g/mol. The lowest BCUT2D eigenvalue weighted by atomic mass is 10.0. The van der Waals surface area contributed by atoms with E-state index in [4.69, 9.17) is 9.15 Å². The van der Waals surface area contributed by atoms with Crippen LogP contribution in [0.1, 0.15) is 43.6 Å². The molecule has 0 amide bonds. The molecule has 18 heavy (non-hydrogen) atoms. The van der Waals surface area contributed by atoms with Gasteiger partial charge in [-0.1, -0.05) is 6.92 Å². The molecule has 2 heterocycles. The van der Waals surface area contributed by atoms with E-state index in [1.165, 1.54) is 25.0 Å². The van der Waals surface area contributed by atoms with Crippen LogP contribution in [0, 0.1) is 11.8 Å². The number of rotatable bonds is 5. The van der Waals surface area contributed by atoms with Crippen LogP contribution < -0.4 is 5.32 Å². The van der Waals surface area contributed by atoms with Crippen molar-refractivity contribution in [2.24, 2.45) is 11.8 Å². The van der Waals surface area contributed by atoms with Crippen LogP contribution in [0.15, 0.2) is 16.5 Å². The summed E-state index contributed by atoms with van der Waals surface area (Å²) in [6.07, 6.45) is 3.68. The molecule has 2 aliphatic rings. The smallest absolute Gasteiger partial charge is 0.117 e. The van der Waals surface area contributed by atoms with Crippen LogP contribution in [0.25, 0.3) is 0 Å². The van der Waals surface area contributed by atoms with Gasteiger partial charge in [-0.05, 0) is 49.8 Å². The van der Waals surface area contributed by atoms with Gasteiger partial charge < -0.3 is 14.5 Å². The minimum atomic E-state index is 0.689. The van der Waals surface area contributed by atoms with E-state index in [0.29, 0.717) is 5.92 Å². The molecule has 100 valence electrons. The average Bonchev–Trinajstić information content (AvgIpc) is 2.94. The molecule has 0 aromatic carbocycles. The maximum atomic E-state index is 5.88. The summed E-state index contributed by atoms with van der Waals surface area (Å²) in [5.74, 6) is 4.55. The first kappa shape index (κ1) is 12.2. The molecule has 1 aromatic rings. The van der Waals surface area contributed by atoms with Crippen molar-refractivity contribution in [2.75, 3.05) is 19.8 Å². The highest BCUT2D eigenvalue weighted by atomic mass is 16.5. The van der Waals surface area contributed by atoms with Gasteiger partial charge in [0.1, 0.15) is 11.5 Å². The molecule has 3 heteroatoms. The van der Waals surface area contributed by atoms with Gasteiger partial charge in [-0.3, -0.25) is 0 Å². The summed E-state index contributed by atoms with van der Waals surface area (Å²) in [6.45, 7) is 6.08. The topological polar surface area (TPSA) is 34.4 Å². The molecular weight excluding hydrogens is 226 g/mol. The van der Waals surface area contributed by atoms with E-state index < -0.39 is 0 Å². The third kappa shape index (κ3) is 2.96. The molecule has 1 aliphatic carbocycles. The van der Waals surface area contributed by atoms with E-state index in [2.05, 4.69) is 24.4 Å². The highest BCUT2D eigenvalue weighted by Gasteiger charge is 2.36. The maximum Gasteiger partial charge on any atom is 0.117 e. The standard InChI is InChI=1S/C15H23NO2/c1-11-8-14(11)15-3-2-13(18-15)10-16-9-12-4-6-17-7-5-12/h2-3,11-12,14,16H,4-10H2,1H3. The minimum absolute atomic E-state index is 0.689. The summed E-state index contributed by atoms with van der Waals surface area (Å²) in [5.41, 5.74) is 0. The number of nitrogens with one attached hydrogen (secondary N) is 1. The van der Waals surface area contributed by atoms with Crippen LogP contribution in [0.4, 0.5) is 0 Å². The SMILES string of the molecule is CC1CC1c1ccc(CNCC2CCOCC2)o1. The van der Waals surface area contributed by atoms with Crippen LogP contribution in [0.3, 0.4) is 0 Å². The molecule has 0 radical (unpaired) electrons. The van der Waals surface area contributed by atoms with E-state index in [9.17, 15) is 0 Å². The number of hydrogen-bond donors (Lipinski definition) is 1. The van der Waals surface area contributed by atoms with Crippen molar-refractivity contribution in [3.63, 3.8) is 0 Å². The first-order valence-corrected chi connectivity index (χ1v) is 7.20. The van der Waals surface area contributed by atoms with Gasteiger partial charge in [-0.25, -0.2) is 0 Å². The molecule has 1 saturated carbocycles. The lowest BCUT2D eigenvalue weighted by Gasteiger charge is -2.21. The van der Waals surface area contributed by atoms with Gasteiger partial charge >= 0.3 is 0 Å². The van der Waals surface area contributed by atoms with E-state index in [-0.39, 0.29) is 0 Å². The lowest BCUT2D eigenvalue weighted by molar-refractivity contribution is 0.0661. The Bertz CT molecular complexity index is 382. The highest BCUT2D eigenvalue weighted by molar-refractivity contribution is 5.17. The Balaban J connectivity index is 1.41. The number of hydrogen-bond acceptors (Lipinski definition) is 3. The molecule has 2 atom stereocenters. The van der Waals surface area contributed by atoms with Crippen LogP contribution >= 0.6 is 0 Å². The third-order valence-electron chi connectivity index (χ3n) is 4.23. The van der Waals surface area contributed by atoms with Crippen molar-refractivity contribution in [3.8, 4) is 0 Å². The fraction of sp³-hybridized carbons (Fsp3) is 0.733. The predicted molar refractivity (Wildman–Crippen MR) is 70.5 cm³/mol. The predicted octanol–water partition coefficient (Wildman–Crippen LogP) is 2.92. The minimum Gasteiger partial charge on any atom is -0.464 e. The Kier molecular flexibility index (Phi) is 3.71. The Morgan fingerprint density at radius 3 is 2.78 bits per heavy atom. The maximum absolute atomic E-state index is 5.88. The van der Waals surface area contributed by atoms with Gasteiger partial charge in [0, 0.05) is 19.1 Å². The first-order chi connectivity index (χ1) is 8.83. The zero-order valence-corrected chi connectivity index (χ0v) is 11.2. The van der Waals surface area contributed by atoms with Crippen LogP contribution in [0.2, 0.25) is 0 Å². The summed E-state index contributed by atoms with van der Waals surface area (Å²) < 4.78 is 11.2. The molecule has 1 aliphatic heterocycles. The van der Waals surface area contributed by atoms with Crippen molar-refractivity contribution >= 4 is 0 Å². The third-order valence-corrected chi connectivity index (χ3v) is 4.23. The molecule has 3 nitrogen and oxygen atoms in total. The second-order valence-corrected chi connectivity index (χ2v) is 5.81. The summed E-state index contributed by atoms with van der Waals surface area (Å²) in [4.78, 5) is 0. The highest BCUT2D eigenvalue weighted by Crippen LogP contribution is 2.47. The second-order valence-electron chi connectivity index (χ2n) is 5.81. The van der Waals surface area contributed by atoms with Crippen LogP contribution in [-0.4, -0.2) is 19.8 Å². The van der Waals surface area contributed by atoms with Gasteiger partial charge in [0.05, 0.1) is 6.54 Å². The Morgan fingerprint density at radius 2 is 2.06 bits per heavy atom. The van der Waals surface area contributed by atoms with Gasteiger partial charge in [0.15, 0.2) is 0 Å². The van der Waals surface area contributed by atoms with Crippen molar-refractivity contribution in [1.29, 1.82) is 0 Å². The zero-order valence-electron chi connectivity index (χ0n) is 11.2. The van der Waals surface area contributed by atoms with Crippen molar-refractivity contribution in [2.45, 2.75) is 38.6 Å². The van der Waals surface area contributed by atoms with E-state index in [1.807, 2.05) is 0 Å². The summed E-state index contributed by atoms with van der Waals surface area (Å²) in [7, 11) is 0. The zero-order chi connectivity index (χ0) is 12.4. The number of furan rings is 1. The van der Waals surface area contributed by atoms with Gasteiger partial charge in [0.2, 0.25) is 0 Å². The molecule has 0 bridgehead atoms. The molecule has 2 fully saturated rings. The number of ether oxygens (including phenoxy) is 1. The first-order valence-electron chi connectivity index (χ1n) is 7.20. The Morgan fingerprint density at radius 1 is 1.28 bits per heavy atom. The van der Waals surface area contributed by atoms with Crippen molar-refractivity contribution in [3.05, 3.63) is 23.7 Å². The van der Waals surface area contributed by atoms with Crippen LogP contribution in [-0.2, 0) is 11.3 Å². The molecule has 2 unspecified atom stereocenters. The normalized spacial score (nSPS) is 28.5. The molecule has 0 spiro atoms. The molecule has 1 N–H and O–H groups in total. The fourth-order valence-corrected chi connectivity index (χ4v) is 2.76. The molecular formula is C15H23NO2. The second kappa shape index (κ2) is 5.45. The summed E-state index contributed by atoms with van der Waals surface area (Å²) in [6, 6.07) is 4.27.